The monoisotopic (exact) mass is 337 g/mol. The summed E-state index contributed by atoms with van der Waals surface area (Å²) in [5, 5.41) is 7.63. The third kappa shape index (κ3) is 3.07. The minimum atomic E-state index is -0.142. The Labute approximate surface area is 145 Å². The Hall–Kier alpha value is -2.89. The summed E-state index contributed by atoms with van der Waals surface area (Å²) in [6.07, 6.45) is 2.22. The number of hydrogen-bond acceptors (Lipinski definition) is 5. The molecule has 1 aliphatic rings. The van der Waals surface area contributed by atoms with E-state index in [9.17, 15) is 4.79 Å². The molecule has 1 fully saturated rings. The van der Waals surface area contributed by atoms with Gasteiger partial charge in [-0.05, 0) is 43.5 Å². The average Bonchev–Trinajstić information content (AvgIpc) is 3.43. The van der Waals surface area contributed by atoms with Gasteiger partial charge in [0.25, 0.3) is 11.6 Å². The molecule has 128 valence electrons. The topological polar surface area (TPSA) is 77.2 Å². The first-order valence-corrected chi connectivity index (χ1v) is 8.34. The lowest BCUT2D eigenvalue weighted by Crippen LogP contribution is -2.23. The van der Waals surface area contributed by atoms with Crippen molar-refractivity contribution in [2.24, 2.45) is 0 Å². The van der Waals surface area contributed by atoms with E-state index in [0.717, 1.165) is 29.8 Å². The zero-order valence-electron chi connectivity index (χ0n) is 14.2. The van der Waals surface area contributed by atoms with Crippen molar-refractivity contribution >= 4 is 17.0 Å². The summed E-state index contributed by atoms with van der Waals surface area (Å²) in [7, 11) is 1.63. The van der Waals surface area contributed by atoms with Gasteiger partial charge in [0.05, 0.1) is 23.8 Å². The number of benzene rings is 1. The van der Waals surface area contributed by atoms with Crippen molar-refractivity contribution in [2.45, 2.75) is 32.2 Å². The van der Waals surface area contributed by atoms with Gasteiger partial charge in [-0.15, -0.1) is 0 Å². The Bertz CT molecular complexity index is 927. The number of ether oxygens (including phenoxy) is 1. The second-order valence-electron chi connectivity index (χ2n) is 6.35. The summed E-state index contributed by atoms with van der Waals surface area (Å²) in [6, 6.07) is 9.50. The standard InChI is InChI=1S/C19H19N3O3/c1-11-17-15(9-16(13-5-6-13)21-19(17)25-22-11)18(23)20-10-12-3-7-14(24-2)8-4-12/h3-4,7-9,13H,5-6,10H2,1-2H3,(H,20,23). The molecule has 1 amide bonds. The molecule has 1 N–H and O–H groups in total. The third-order valence-corrected chi connectivity index (χ3v) is 4.49. The highest BCUT2D eigenvalue weighted by molar-refractivity contribution is 6.06. The fraction of sp³-hybridized carbons (Fsp3) is 0.316. The molecule has 4 rings (SSSR count). The fourth-order valence-corrected chi connectivity index (χ4v) is 2.90. The van der Waals surface area contributed by atoms with Crippen LogP contribution in [-0.4, -0.2) is 23.2 Å². The number of nitrogens with one attached hydrogen (secondary N) is 1. The van der Waals surface area contributed by atoms with Crippen LogP contribution in [0.25, 0.3) is 11.1 Å². The normalized spacial score (nSPS) is 13.8. The molecule has 0 bridgehead atoms. The van der Waals surface area contributed by atoms with Crippen LogP contribution in [0.3, 0.4) is 0 Å². The summed E-state index contributed by atoms with van der Waals surface area (Å²) >= 11 is 0. The molecule has 6 heteroatoms. The number of pyridine rings is 1. The maximum atomic E-state index is 12.8. The predicted octanol–water partition coefficient (Wildman–Crippen LogP) is 3.35. The van der Waals surface area contributed by atoms with Gasteiger partial charge in [-0.2, -0.15) is 0 Å². The number of carbonyl (C=O) groups excluding carboxylic acids is 1. The Morgan fingerprint density at radius 2 is 2.08 bits per heavy atom. The molecule has 3 aromatic rings. The lowest BCUT2D eigenvalue weighted by Gasteiger charge is -2.08. The largest absolute Gasteiger partial charge is 0.497 e. The maximum absolute atomic E-state index is 12.8. The molecular weight excluding hydrogens is 318 g/mol. The van der Waals surface area contributed by atoms with E-state index in [0.29, 0.717) is 34.8 Å². The smallest absolute Gasteiger partial charge is 0.259 e. The number of methoxy groups -OCH3 is 1. The molecule has 0 atom stereocenters. The highest BCUT2D eigenvalue weighted by Crippen LogP contribution is 2.40. The SMILES string of the molecule is COc1ccc(CNC(=O)c2cc(C3CC3)nc3onc(C)c23)cc1. The zero-order chi connectivity index (χ0) is 17.4. The van der Waals surface area contributed by atoms with Crippen LogP contribution in [0.4, 0.5) is 0 Å². The van der Waals surface area contributed by atoms with E-state index in [-0.39, 0.29) is 5.91 Å². The summed E-state index contributed by atoms with van der Waals surface area (Å²) in [5.41, 5.74) is 3.62. The first-order valence-electron chi connectivity index (χ1n) is 8.34. The maximum Gasteiger partial charge on any atom is 0.259 e. The van der Waals surface area contributed by atoms with E-state index in [1.54, 1.807) is 7.11 Å². The first-order chi connectivity index (χ1) is 12.2. The van der Waals surface area contributed by atoms with Gasteiger partial charge in [-0.3, -0.25) is 4.79 Å². The van der Waals surface area contributed by atoms with E-state index in [1.165, 1.54) is 0 Å². The van der Waals surface area contributed by atoms with Crippen molar-refractivity contribution in [3.05, 3.63) is 52.8 Å². The van der Waals surface area contributed by atoms with Crippen molar-refractivity contribution in [1.82, 2.24) is 15.5 Å². The van der Waals surface area contributed by atoms with Crippen LogP contribution < -0.4 is 10.1 Å². The quantitative estimate of drug-likeness (QED) is 0.772. The molecule has 1 saturated carbocycles. The summed E-state index contributed by atoms with van der Waals surface area (Å²) in [4.78, 5) is 17.3. The number of rotatable bonds is 5. The van der Waals surface area contributed by atoms with Gasteiger partial charge in [0.15, 0.2) is 0 Å². The minimum Gasteiger partial charge on any atom is -0.497 e. The number of amides is 1. The highest BCUT2D eigenvalue weighted by Gasteiger charge is 2.28. The van der Waals surface area contributed by atoms with Gasteiger partial charge in [-0.1, -0.05) is 17.3 Å². The molecule has 1 aromatic carbocycles. The predicted molar refractivity (Wildman–Crippen MR) is 92.7 cm³/mol. The van der Waals surface area contributed by atoms with Gasteiger partial charge in [0.1, 0.15) is 5.75 Å². The number of aromatic nitrogens is 2. The van der Waals surface area contributed by atoms with E-state index < -0.39 is 0 Å². The summed E-state index contributed by atoms with van der Waals surface area (Å²) < 4.78 is 10.4. The zero-order valence-corrected chi connectivity index (χ0v) is 14.2. The van der Waals surface area contributed by atoms with Crippen molar-refractivity contribution in [1.29, 1.82) is 0 Å². The highest BCUT2D eigenvalue weighted by atomic mass is 16.5. The van der Waals surface area contributed by atoms with Crippen molar-refractivity contribution < 1.29 is 14.1 Å². The van der Waals surface area contributed by atoms with Crippen LogP contribution in [0.15, 0.2) is 34.9 Å². The second kappa shape index (κ2) is 6.20. The van der Waals surface area contributed by atoms with Gasteiger partial charge in [-0.25, -0.2) is 4.98 Å². The van der Waals surface area contributed by atoms with E-state index in [2.05, 4.69) is 15.5 Å². The Kier molecular flexibility index (Phi) is 3.87. The number of hydrogen-bond donors (Lipinski definition) is 1. The van der Waals surface area contributed by atoms with Crippen LogP contribution in [0, 0.1) is 6.92 Å². The van der Waals surface area contributed by atoms with Gasteiger partial charge in [0, 0.05) is 18.2 Å². The van der Waals surface area contributed by atoms with Gasteiger partial charge < -0.3 is 14.6 Å². The Morgan fingerprint density at radius 1 is 1.32 bits per heavy atom. The molecule has 1 aliphatic carbocycles. The van der Waals surface area contributed by atoms with Crippen molar-refractivity contribution in [3.63, 3.8) is 0 Å². The molecule has 2 aromatic heterocycles. The Morgan fingerprint density at radius 3 is 2.76 bits per heavy atom. The second-order valence-corrected chi connectivity index (χ2v) is 6.35. The van der Waals surface area contributed by atoms with Crippen LogP contribution in [0.2, 0.25) is 0 Å². The summed E-state index contributed by atoms with van der Waals surface area (Å²) in [5.74, 6) is 1.08. The molecule has 6 nitrogen and oxygen atoms in total. The number of aryl methyl sites for hydroxylation is 1. The molecule has 2 heterocycles. The van der Waals surface area contributed by atoms with Crippen molar-refractivity contribution in [3.8, 4) is 5.75 Å². The number of fused-ring (bicyclic) bond motifs is 1. The fourth-order valence-electron chi connectivity index (χ4n) is 2.90. The van der Waals surface area contributed by atoms with E-state index in [4.69, 9.17) is 9.26 Å². The summed E-state index contributed by atoms with van der Waals surface area (Å²) in [6.45, 7) is 2.26. The van der Waals surface area contributed by atoms with Crippen LogP contribution >= 0.6 is 0 Å². The third-order valence-electron chi connectivity index (χ3n) is 4.49. The average molecular weight is 337 g/mol. The van der Waals surface area contributed by atoms with E-state index in [1.807, 2.05) is 37.3 Å². The van der Waals surface area contributed by atoms with E-state index >= 15 is 0 Å². The number of nitrogens with zero attached hydrogens (tertiary/aromatic N) is 2. The molecule has 0 unspecified atom stereocenters. The molecule has 0 radical (unpaired) electrons. The molecular formula is C19H19N3O3. The first kappa shape index (κ1) is 15.6. The van der Waals surface area contributed by atoms with Crippen molar-refractivity contribution in [2.75, 3.05) is 7.11 Å². The Balaban J connectivity index is 1.59. The van der Waals surface area contributed by atoms with Gasteiger partial charge >= 0.3 is 0 Å². The van der Waals surface area contributed by atoms with Crippen LogP contribution in [0.1, 0.15) is 46.1 Å². The number of carbonyl (C=O) groups is 1. The molecule has 0 spiro atoms. The molecule has 0 saturated heterocycles. The van der Waals surface area contributed by atoms with Gasteiger partial charge in [0.2, 0.25) is 0 Å². The van der Waals surface area contributed by atoms with Crippen LogP contribution in [-0.2, 0) is 6.54 Å². The molecule has 25 heavy (non-hydrogen) atoms. The minimum absolute atomic E-state index is 0.142. The van der Waals surface area contributed by atoms with Crippen LogP contribution in [0.5, 0.6) is 5.75 Å². The lowest BCUT2D eigenvalue weighted by atomic mass is 10.1. The molecule has 0 aliphatic heterocycles. The lowest BCUT2D eigenvalue weighted by molar-refractivity contribution is 0.0952.